The molecule has 138 valence electrons. The molecule has 2 aromatic heterocycles. The van der Waals surface area contributed by atoms with E-state index in [1.165, 1.54) is 5.56 Å². The van der Waals surface area contributed by atoms with Crippen LogP contribution in [0, 0.1) is 13.8 Å². The van der Waals surface area contributed by atoms with Gasteiger partial charge in [-0.3, -0.25) is 4.79 Å². The minimum atomic E-state index is -0.258. The monoisotopic (exact) mass is 360 g/mol. The number of hydrazine groups is 1. The zero-order valence-electron chi connectivity index (χ0n) is 16.2. The van der Waals surface area contributed by atoms with E-state index in [1.807, 2.05) is 37.2 Å². The van der Waals surface area contributed by atoms with Crippen LogP contribution >= 0.6 is 0 Å². The molecule has 1 atom stereocenters. The van der Waals surface area contributed by atoms with Gasteiger partial charge in [0.15, 0.2) is 5.78 Å². The molecular formula is C22H24N4O. The molecule has 0 radical (unpaired) electrons. The lowest BCUT2D eigenvalue weighted by Crippen LogP contribution is -2.40. The molecule has 5 heteroatoms. The molecule has 1 aliphatic rings. The molecule has 5 nitrogen and oxygen atoms in total. The Morgan fingerprint density at radius 3 is 2.44 bits per heavy atom. The third-order valence-electron chi connectivity index (χ3n) is 5.04. The molecule has 27 heavy (non-hydrogen) atoms. The molecule has 4 rings (SSSR count). The first-order chi connectivity index (χ1) is 12.9. The van der Waals surface area contributed by atoms with Crippen LogP contribution in [-0.2, 0) is 11.2 Å². The second-order valence-corrected chi connectivity index (χ2v) is 7.37. The number of nitrogens with zero attached hydrogens (tertiary/aromatic N) is 3. The number of nitrogens with one attached hydrogen (secondary N) is 1. The quantitative estimate of drug-likeness (QED) is 0.774. The predicted octanol–water partition coefficient (Wildman–Crippen LogP) is 3.45. The molecule has 1 aliphatic heterocycles. The van der Waals surface area contributed by atoms with Crippen LogP contribution in [0.1, 0.15) is 23.7 Å². The number of hydrogen-bond donors (Lipinski definition) is 1. The van der Waals surface area contributed by atoms with Crippen LogP contribution in [0.25, 0.3) is 16.9 Å². The summed E-state index contributed by atoms with van der Waals surface area (Å²) in [4.78, 5) is 17.9. The van der Waals surface area contributed by atoms with Crippen LogP contribution in [0.15, 0.2) is 54.4 Å². The summed E-state index contributed by atoms with van der Waals surface area (Å²) >= 11 is 0. The Morgan fingerprint density at radius 2 is 1.78 bits per heavy atom. The molecule has 1 N–H and O–H groups in total. The van der Waals surface area contributed by atoms with Crippen molar-refractivity contribution in [3.8, 4) is 11.3 Å². The number of allylic oxidation sites excluding steroid dienone is 1. The number of rotatable bonds is 4. The van der Waals surface area contributed by atoms with Gasteiger partial charge in [-0.25, -0.2) is 9.99 Å². The molecule has 0 spiro atoms. The van der Waals surface area contributed by atoms with Gasteiger partial charge in [-0.2, -0.15) is 0 Å². The van der Waals surface area contributed by atoms with E-state index < -0.39 is 0 Å². The average molecular weight is 360 g/mol. The zero-order valence-corrected chi connectivity index (χ0v) is 16.2. The predicted molar refractivity (Wildman–Crippen MR) is 107 cm³/mol. The number of Topliss-reactive ketones (excluding diaryl/α,β-unsaturated/α-hetero) is 1. The number of aromatic nitrogens is 2. The highest BCUT2D eigenvalue weighted by molar-refractivity contribution is 5.89. The Morgan fingerprint density at radius 1 is 1.07 bits per heavy atom. The number of likely N-dealkylation sites (N-methyl/N-ethyl adjacent to an activating group) is 1. The molecule has 1 unspecified atom stereocenters. The lowest BCUT2D eigenvalue weighted by molar-refractivity contribution is -0.121. The third kappa shape index (κ3) is 3.26. The number of imidazole rings is 1. The molecule has 0 saturated heterocycles. The maximum Gasteiger partial charge on any atom is 0.161 e. The second-order valence-electron chi connectivity index (χ2n) is 7.37. The van der Waals surface area contributed by atoms with Gasteiger partial charge in [0.05, 0.1) is 17.8 Å². The van der Waals surface area contributed by atoms with Crippen molar-refractivity contribution in [3.05, 3.63) is 71.2 Å². The molecular weight excluding hydrogens is 336 g/mol. The van der Waals surface area contributed by atoms with Crippen LogP contribution in [0.2, 0.25) is 0 Å². The van der Waals surface area contributed by atoms with Crippen molar-refractivity contribution >= 4 is 11.4 Å². The highest BCUT2D eigenvalue weighted by Gasteiger charge is 2.28. The number of aryl methyl sites for hydroxylation is 2. The van der Waals surface area contributed by atoms with Gasteiger partial charge in [-0.1, -0.05) is 35.9 Å². The molecule has 1 aromatic carbocycles. The van der Waals surface area contributed by atoms with Gasteiger partial charge in [0.25, 0.3) is 0 Å². The van der Waals surface area contributed by atoms with Gasteiger partial charge in [-0.15, -0.1) is 0 Å². The number of pyridine rings is 1. The first kappa shape index (κ1) is 17.5. The normalized spacial score (nSPS) is 17.2. The van der Waals surface area contributed by atoms with E-state index in [4.69, 9.17) is 4.98 Å². The Bertz CT molecular complexity index is 1050. The Labute approximate surface area is 159 Å². The first-order valence-electron chi connectivity index (χ1n) is 9.17. The zero-order chi connectivity index (χ0) is 19.1. The number of ketones is 1. The second kappa shape index (κ2) is 6.67. The van der Waals surface area contributed by atoms with Crippen LogP contribution < -0.4 is 5.43 Å². The van der Waals surface area contributed by atoms with Crippen molar-refractivity contribution in [3.63, 3.8) is 0 Å². The summed E-state index contributed by atoms with van der Waals surface area (Å²) in [6.07, 6.45) is 4.36. The smallest absolute Gasteiger partial charge is 0.161 e. The van der Waals surface area contributed by atoms with E-state index >= 15 is 0 Å². The number of carbonyl (C=O) groups is 1. The number of carbonyl (C=O) groups excluding carboxylic acids is 1. The molecule has 0 fully saturated rings. The SMILES string of the molecule is CC1=CC(C(=O)Cc2c(-c3ccc(C)cc3)nc3ccc(C)cn23)N(C)N1. The van der Waals surface area contributed by atoms with Crippen molar-refractivity contribution < 1.29 is 4.79 Å². The lowest BCUT2D eigenvalue weighted by Gasteiger charge is -2.18. The van der Waals surface area contributed by atoms with Crippen molar-refractivity contribution in [2.75, 3.05) is 7.05 Å². The summed E-state index contributed by atoms with van der Waals surface area (Å²) < 4.78 is 2.06. The van der Waals surface area contributed by atoms with Gasteiger partial charge in [0.1, 0.15) is 11.7 Å². The summed E-state index contributed by atoms with van der Waals surface area (Å²) in [7, 11) is 1.90. The lowest BCUT2D eigenvalue weighted by atomic mass is 10.0. The van der Waals surface area contributed by atoms with E-state index in [0.29, 0.717) is 6.42 Å². The van der Waals surface area contributed by atoms with Gasteiger partial charge in [0, 0.05) is 24.5 Å². The number of hydrogen-bond acceptors (Lipinski definition) is 4. The fourth-order valence-corrected chi connectivity index (χ4v) is 3.62. The summed E-state index contributed by atoms with van der Waals surface area (Å²) in [5.74, 6) is 0.151. The van der Waals surface area contributed by atoms with Gasteiger partial charge in [0.2, 0.25) is 0 Å². The third-order valence-corrected chi connectivity index (χ3v) is 5.04. The topological polar surface area (TPSA) is 49.6 Å². The van der Waals surface area contributed by atoms with Crippen molar-refractivity contribution in [1.29, 1.82) is 0 Å². The Balaban J connectivity index is 1.80. The van der Waals surface area contributed by atoms with Crippen LogP contribution in [0.4, 0.5) is 0 Å². The molecule has 0 amide bonds. The maximum atomic E-state index is 13.1. The number of benzene rings is 1. The first-order valence-corrected chi connectivity index (χ1v) is 9.17. The van der Waals surface area contributed by atoms with Crippen molar-refractivity contribution in [2.45, 2.75) is 33.2 Å². The summed E-state index contributed by atoms with van der Waals surface area (Å²) in [5.41, 5.74) is 10.2. The Hall–Kier alpha value is -2.92. The molecule has 3 aromatic rings. The van der Waals surface area contributed by atoms with Crippen molar-refractivity contribution in [1.82, 2.24) is 19.8 Å². The van der Waals surface area contributed by atoms with E-state index in [9.17, 15) is 4.79 Å². The summed E-state index contributed by atoms with van der Waals surface area (Å²) in [5, 5.41) is 1.86. The summed E-state index contributed by atoms with van der Waals surface area (Å²) in [6.45, 7) is 6.09. The molecule has 3 heterocycles. The van der Waals surface area contributed by atoms with Gasteiger partial charge < -0.3 is 9.83 Å². The molecule has 0 saturated carbocycles. The average Bonchev–Trinajstić information content (AvgIpc) is 3.15. The molecule has 0 bridgehead atoms. The van der Waals surface area contributed by atoms with Gasteiger partial charge >= 0.3 is 0 Å². The molecule has 0 aliphatic carbocycles. The Kier molecular flexibility index (Phi) is 4.32. The fraction of sp³-hybridized carbons (Fsp3) is 0.273. The van der Waals surface area contributed by atoms with Crippen molar-refractivity contribution in [2.24, 2.45) is 0 Å². The minimum absolute atomic E-state index is 0.151. The van der Waals surface area contributed by atoms with E-state index in [1.54, 1.807) is 0 Å². The van der Waals surface area contributed by atoms with E-state index in [2.05, 4.69) is 54.1 Å². The fourth-order valence-electron chi connectivity index (χ4n) is 3.62. The largest absolute Gasteiger partial charge is 0.323 e. The van der Waals surface area contributed by atoms with E-state index in [-0.39, 0.29) is 11.8 Å². The van der Waals surface area contributed by atoms with Crippen LogP contribution in [0.3, 0.4) is 0 Å². The highest BCUT2D eigenvalue weighted by atomic mass is 16.1. The highest BCUT2D eigenvalue weighted by Crippen LogP contribution is 2.27. The van der Waals surface area contributed by atoms with Crippen LogP contribution in [0.5, 0.6) is 0 Å². The van der Waals surface area contributed by atoms with Gasteiger partial charge in [-0.05, 0) is 38.5 Å². The summed E-state index contributed by atoms with van der Waals surface area (Å²) in [6, 6.07) is 12.1. The number of fused-ring (bicyclic) bond motifs is 1. The maximum absolute atomic E-state index is 13.1. The van der Waals surface area contributed by atoms with E-state index in [0.717, 1.165) is 33.9 Å². The standard InChI is InChI=1S/C22H24N4O/c1-14-5-8-17(9-6-14)22-19(26-13-15(2)7-10-21(26)23-22)12-20(27)18-11-16(3)24-25(18)4/h5-11,13,18,24H,12H2,1-4H3. The minimum Gasteiger partial charge on any atom is -0.323 e. The van der Waals surface area contributed by atoms with Crippen LogP contribution in [-0.4, -0.2) is 33.3 Å².